The molecule has 0 aliphatic carbocycles. The van der Waals surface area contributed by atoms with Gasteiger partial charge in [-0.2, -0.15) is 0 Å². The van der Waals surface area contributed by atoms with E-state index >= 15 is 0 Å². The molecule has 3 nitrogen and oxygen atoms in total. The van der Waals surface area contributed by atoms with Crippen LogP contribution in [0, 0.1) is 0 Å². The number of esters is 1. The van der Waals surface area contributed by atoms with E-state index in [1.807, 2.05) is 37.3 Å². The molecule has 0 atom stereocenters. The lowest BCUT2D eigenvalue weighted by Gasteiger charge is -2.30. The smallest absolute Gasteiger partial charge is 0.334 e. The highest BCUT2D eigenvalue weighted by molar-refractivity contribution is 6.42. The molecule has 0 radical (unpaired) electrons. The molecule has 0 spiro atoms. The fraction of sp³-hybridized carbons (Fsp3) is 0.286. The second-order valence-corrected chi connectivity index (χ2v) is 7.07. The molecule has 1 heterocycles. The van der Waals surface area contributed by atoms with Crippen molar-refractivity contribution in [2.75, 3.05) is 19.7 Å². The zero-order chi connectivity index (χ0) is 18.5. The zero-order valence-electron chi connectivity index (χ0n) is 14.7. The average Bonchev–Trinajstić information content (AvgIpc) is 2.65. The van der Waals surface area contributed by atoms with E-state index in [1.165, 1.54) is 5.56 Å². The van der Waals surface area contributed by atoms with Crippen molar-refractivity contribution in [1.82, 2.24) is 4.90 Å². The minimum atomic E-state index is -0.243. The average molecular weight is 390 g/mol. The van der Waals surface area contributed by atoms with Gasteiger partial charge in [-0.15, -0.1) is 0 Å². The summed E-state index contributed by atoms with van der Waals surface area (Å²) < 4.78 is 5.27. The quantitative estimate of drug-likeness (QED) is 0.656. The Balaban J connectivity index is 1.91. The summed E-state index contributed by atoms with van der Waals surface area (Å²) in [6.45, 7) is 4.50. The van der Waals surface area contributed by atoms with Gasteiger partial charge < -0.3 is 4.74 Å². The van der Waals surface area contributed by atoms with Crippen LogP contribution in [0.25, 0.3) is 5.57 Å². The number of rotatable bonds is 5. The molecule has 136 valence electrons. The van der Waals surface area contributed by atoms with Crippen molar-refractivity contribution in [3.05, 3.63) is 75.3 Å². The summed E-state index contributed by atoms with van der Waals surface area (Å²) in [4.78, 5) is 14.8. The lowest BCUT2D eigenvalue weighted by molar-refractivity contribution is -0.138. The lowest BCUT2D eigenvalue weighted by atomic mass is 9.93. The molecule has 0 unspecified atom stereocenters. The second kappa shape index (κ2) is 8.72. The molecule has 0 amide bonds. The van der Waals surface area contributed by atoms with Crippen molar-refractivity contribution < 1.29 is 9.53 Å². The summed E-state index contributed by atoms with van der Waals surface area (Å²) in [5, 5.41) is 0.991. The van der Waals surface area contributed by atoms with E-state index in [4.69, 9.17) is 27.9 Å². The Labute approximate surface area is 164 Å². The van der Waals surface area contributed by atoms with E-state index in [1.54, 1.807) is 6.07 Å². The van der Waals surface area contributed by atoms with Crippen molar-refractivity contribution in [2.45, 2.75) is 19.9 Å². The molecule has 2 aromatic rings. The van der Waals surface area contributed by atoms with E-state index in [2.05, 4.69) is 17.0 Å². The summed E-state index contributed by atoms with van der Waals surface area (Å²) in [5.41, 5.74) is 3.86. The van der Waals surface area contributed by atoms with Crippen LogP contribution in [0.2, 0.25) is 10.0 Å². The molecular formula is C21H21Cl2NO2. The lowest BCUT2D eigenvalue weighted by Crippen LogP contribution is -2.33. The van der Waals surface area contributed by atoms with E-state index in [0.29, 0.717) is 29.6 Å². The van der Waals surface area contributed by atoms with E-state index in [0.717, 1.165) is 29.8 Å². The summed E-state index contributed by atoms with van der Waals surface area (Å²) >= 11 is 12.3. The molecule has 0 saturated heterocycles. The Kier molecular flexibility index (Phi) is 6.36. The Hall–Kier alpha value is -1.81. The third-order valence-corrected chi connectivity index (χ3v) is 5.20. The first-order valence-corrected chi connectivity index (χ1v) is 9.45. The Morgan fingerprint density at radius 2 is 1.88 bits per heavy atom. The molecule has 0 fully saturated rings. The van der Waals surface area contributed by atoms with Crippen LogP contribution in [0.1, 0.15) is 24.5 Å². The van der Waals surface area contributed by atoms with Crippen molar-refractivity contribution in [3.8, 4) is 0 Å². The summed E-state index contributed by atoms with van der Waals surface area (Å²) in [6.07, 6.45) is 0.654. The van der Waals surface area contributed by atoms with Crippen LogP contribution in [0.15, 0.2) is 54.1 Å². The van der Waals surface area contributed by atoms with Crippen LogP contribution in [0.3, 0.4) is 0 Å². The standard InChI is InChI=1S/C21H21Cl2NO2/c1-2-26-21(25)17-10-11-24(13-15-6-4-3-5-7-15)14-18(17)16-8-9-19(22)20(23)12-16/h3-9,12H,2,10-11,13-14H2,1H3. The van der Waals surface area contributed by atoms with Gasteiger partial charge in [0.05, 0.1) is 16.7 Å². The number of halogens is 2. The molecule has 1 aliphatic rings. The molecule has 3 rings (SSSR count). The number of nitrogens with zero attached hydrogens (tertiary/aromatic N) is 1. The van der Waals surface area contributed by atoms with Crippen LogP contribution in [-0.4, -0.2) is 30.6 Å². The maximum atomic E-state index is 12.4. The van der Waals surface area contributed by atoms with Crippen molar-refractivity contribution >= 4 is 34.7 Å². The topological polar surface area (TPSA) is 29.5 Å². The highest BCUT2D eigenvalue weighted by Crippen LogP contribution is 2.32. The van der Waals surface area contributed by atoms with Crippen LogP contribution >= 0.6 is 23.2 Å². The largest absolute Gasteiger partial charge is 0.463 e. The van der Waals surface area contributed by atoms with Crippen molar-refractivity contribution in [3.63, 3.8) is 0 Å². The summed E-state index contributed by atoms with van der Waals surface area (Å²) in [5.74, 6) is -0.243. The third-order valence-electron chi connectivity index (χ3n) is 4.46. The molecule has 0 aromatic heterocycles. The normalized spacial score (nSPS) is 15.2. The monoisotopic (exact) mass is 389 g/mol. The van der Waals surface area contributed by atoms with Gasteiger partial charge in [-0.25, -0.2) is 4.79 Å². The van der Waals surface area contributed by atoms with Gasteiger partial charge in [0.2, 0.25) is 0 Å². The molecule has 2 aromatic carbocycles. The number of hydrogen-bond acceptors (Lipinski definition) is 3. The van der Waals surface area contributed by atoms with Gasteiger partial charge in [-0.3, -0.25) is 4.90 Å². The van der Waals surface area contributed by atoms with Gasteiger partial charge in [0.1, 0.15) is 0 Å². The second-order valence-electron chi connectivity index (χ2n) is 6.25. The maximum absolute atomic E-state index is 12.4. The van der Waals surface area contributed by atoms with Gasteiger partial charge in [0, 0.05) is 25.2 Å². The summed E-state index contributed by atoms with van der Waals surface area (Å²) in [6, 6.07) is 15.8. The molecule has 0 bridgehead atoms. The first kappa shape index (κ1) is 19.0. The van der Waals surface area contributed by atoms with Gasteiger partial charge in [-0.1, -0.05) is 59.6 Å². The predicted molar refractivity (Wildman–Crippen MR) is 106 cm³/mol. The molecule has 0 saturated carbocycles. The van der Waals surface area contributed by atoms with E-state index in [9.17, 15) is 4.79 Å². The fourth-order valence-corrected chi connectivity index (χ4v) is 3.49. The first-order chi connectivity index (χ1) is 12.6. The molecule has 5 heteroatoms. The molecule has 1 aliphatic heterocycles. The highest BCUT2D eigenvalue weighted by Gasteiger charge is 2.25. The van der Waals surface area contributed by atoms with E-state index in [-0.39, 0.29) is 5.97 Å². The third kappa shape index (κ3) is 4.47. The predicted octanol–water partition coefficient (Wildman–Crippen LogP) is 5.22. The summed E-state index contributed by atoms with van der Waals surface area (Å²) in [7, 11) is 0. The van der Waals surface area contributed by atoms with Gasteiger partial charge >= 0.3 is 5.97 Å². The number of carbonyl (C=O) groups is 1. The van der Waals surface area contributed by atoms with Gasteiger partial charge in [0.25, 0.3) is 0 Å². The van der Waals surface area contributed by atoms with Crippen LogP contribution in [-0.2, 0) is 16.1 Å². The molecule has 0 N–H and O–H groups in total. The molecular weight excluding hydrogens is 369 g/mol. The Morgan fingerprint density at radius 1 is 1.12 bits per heavy atom. The maximum Gasteiger partial charge on any atom is 0.334 e. The van der Waals surface area contributed by atoms with Crippen LogP contribution < -0.4 is 0 Å². The van der Waals surface area contributed by atoms with Gasteiger partial charge in [0.15, 0.2) is 0 Å². The SMILES string of the molecule is CCOC(=O)C1=C(c2ccc(Cl)c(Cl)c2)CN(Cc2ccccc2)CC1. The van der Waals surface area contributed by atoms with Crippen LogP contribution in [0.4, 0.5) is 0 Å². The number of carbonyl (C=O) groups excluding carboxylic acids is 1. The first-order valence-electron chi connectivity index (χ1n) is 8.69. The van der Waals surface area contributed by atoms with E-state index < -0.39 is 0 Å². The number of hydrogen-bond donors (Lipinski definition) is 0. The number of benzene rings is 2. The van der Waals surface area contributed by atoms with Crippen LogP contribution in [0.5, 0.6) is 0 Å². The minimum Gasteiger partial charge on any atom is -0.463 e. The number of ether oxygens (including phenoxy) is 1. The fourth-order valence-electron chi connectivity index (χ4n) is 3.19. The Morgan fingerprint density at radius 3 is 2.58 bits per heavy atom. The Bertz CT molecular complexity index is 818. The van der Waals surface area contributed by atoms with Gasteiger partial charge in [-0.05, 0) is 42.2 Å². The highest BCUT2D eigenvalue weighted by atomic mass is 35.5. The zero-order valence-corrected chi connectivity index (χ0v) is 16.2. The van der Waals surface area contributed by atoms with Crippen molar-refractivity contribution in [2.24, 2.45) is 0 Å². The van der Waals surface area contributed by atoms with Crippen molar-refractivity contribution in [1.29, 1.82) is 0 Å². The minimum absolute atomic E-state index is 0.243. The molecule has 26 heavy (non-hydrogen) atoms.